The molecule has 0 fully saturated rings. The Labute approximate surface area is 133 Å². The molecule has 0 bridgehead atoms. The number of hydrogen-bond donors (Lipinski definition) is 3. The van der Waals surface area contributed by atoms with Crippen LogP contribution in [-0.4, -0.2) is 32.6 Å². The van der Waals surface area contributed by atoms with Crippen molar-refractivity contribution in [2.24, 2.45) is 0 Å². The van der Waals surface area contributed by atoms with Gasteiger partial charge in [-0.2, -0.15) is 0 Å². The number of rotatable bonds is 4. The van der Waals surface area contributed by atoms with Crippen molar-refractivity contribution in [1.29, 1.82) is 0 Å². The van der Waals surface area contributed by atoms with E-state index in [4.69, 9.17) is 18.6 Å². The van der Waals surface area contributed by atoms with Gasteiger partial charge in [0.15, 0.2) is 0 Å². The summed E-state index contributed by atoms with van der Waals surface area (Å²) >= 11 is 0. The zero-order valence-electron chi connectivity index (χ0n) is 12.8. The van der Waals surface area contributed by atoms with Gasteiger partial charge in [0.2, 0.25) is 0 Å². The zero-order valence-corrected chi connectivity index (χ0v) is 13.5. The molecule has 2 rings (SSSR count). The van der Waals surface area contributed by atoms with Gasteiger partial charge in [-0.1, -0.05) is 60.7 Å². The summed E-state index contributed by atoms with van der Waals surface area (Å²) in [5.74, 6) is 0. The minimum absolute atomic E-state index is 0.980. The van der Waals surface area contributed by atoms with Crippen molar-refractivity contribution >= 4 is 0 Å². The number of hydrogen-bond acceptors (Lipinski definition) is 4. The molecule has 0 aliphatic heterocycles. The second-order valence-electron chi connectivity index (χ2n) is 5.66. The van der Waals surface area contributed by atoms with E-state index in [-0.39, 0.29) is 0 Å². The summed E-state index contributed by atoms with van der Waals surface area (Å²) in [5.41, 5.74) is 2.79. The summed E-state index contributed by atoms with van der Waals surface area (Å²) < 4.78 is 31.2. The Morgan fingerprint density at radius 3 is 1.32 bits per heavy atom. The number of halogens is 1. The van der Waals surface area contributed by atoms with Crippen LogP contribution in [0.25, 0.3) is 0 Å². The number of nitrogens with zero attached hydrogens (tertiary/aromatic N) is 1. The molecule has 0 saturated carbocycles. The van der Waals surface area contributed by atoms with E-state index in [0.717, 1.165) is 17.6 Å². The van der Waals surface area contributed by atoms with Gasteiger partial charge in [-0.15, -0.1) is 0 Å². The molecule has 0 spiro atoms. The van der Waals surface area contributed by atoms with Crippen LogP contribution in [0.4, 0.5) is 0 Å². The van der Waals surface area contributed by atoms with Gasteiger partial charge >= 0.3 is 28.9 Å². The molecule has 122 valence electrons. The van der Waals surface area contributed by atoms with E-state index < -0.39 is 10.2 Å². The molecule has 6 heteroatoms. The molecular formula is C16H23ClNO4+. The van der Waals surface area contributed by atoms with Gasteiger partial charge in [0.05, 0.1) is 14.1 Å². The monoisotopic (exact) mass is 328 g/mol. The summed E-state index contributed by atoms with van der Waals surface area (Å²) in [6.45, 7) is 2.13. The van der Waals surface area contributed by atoms with Crippen LogP contribution in [0.5, 0.6) is 0 Å². The Morgan fingerprint density at radius 2 is 1.05 bits per heavy atom. The van der Waals surface area contributed by atoms with Crippen LogP contribution < -0.4 is 4.66 Å². The molecule has 0 aromatic heterocycles. The predicted molar refractivity (Wildman–Crippen MR) is 79.1 cm³/mol. The second kappa shape index (κ2) is 8.24. The third-order valence-corrected chi connectivity index (χ3v) is 2.91. The van der Waals surface area contributed by atoms with Gasteiger partial charge in [0, 0.05) is 11.1 Å². The van der Waals surface area contributed by atoms with Crippen molar-refractivity contribution in [3.63, 3.8) is 0 Å². The van der Waals surface area contributed by atoms with Crippen LogP contribution in [0, 0.1) is 10.2 Å². The standard InChI is InChI=1S/C16H20N.ClH3O4/c1-17(2,13-15-9-5-3-6-10-15)14-16-11-7-4-8-12-16;2-1(3,4)5/h3-12H,13-14H2,1-2H3;2-4H/q+1;. The van der Waals surface area contributed by atoms with E-state index in [2.05, 4.69) is 74.8 Å². The maximum absolute atomic E-state index is 8.83. The fourth-order valence-electron chi connectivity index (χ4n) is 2.21. The van der Waals surface area contributed by atoms with E-state index >= 15 is 0 Å². The topological polar surface area (TPSA) is 83.8 Å². The maximum atomic E-state index is 8.83. The Kier molecular flexibility index (Phi) is 6.96. The first-order chi connectivity index (χ1) is 10.2. The molecule has 0 heterocycles. The van der Waals surface area contributed by atoms with Crippen molar-refractivity contribution in [2.45, 2.75) is 13.1 Å². The quantitative estimate of drug-likeness (QED) is 0.718. The van der Waals surface area contributed by atoms with Crippen molar-refractivity contribution in [3.05, 3.63) is 71.8 Å². The summed E-state index contributed by atoms with van der Waals surface area (Å²) in [5, 5.41) is 0. The molecule has 0 unspecified atom stereocenters. The normalized spacial score (nSPS) is 12.3. The summed E-state index contributed by atoms with van der Waals surface area (Å²) in [6, 6.07) is 21.4. The SMILES string of the molecule is C[N+](C)(Cc1ccccc1)Cc1ccccc1.[O-][Cl+](O)(O)O. The van der Waals surface area contributed by atoms with Crippen LogP contribution in [0.3, 0.4) is 0 Å². The Bertz CT molecular complexity index is 492. The molecule has 2 aromatic carbocycles. The van der Waals surface area contributed by atoms with Gasteiger partial charge in [-0.3, -0.25) is 0 Å². The molecule has 2 aromatic rings. The van der Waals surface area contributed by atoms with E-state index in [9.17, 15) is 0 Å². The zero-order chi connectivity index (χ0) is 16.6. The molecule has 0 radical (unpaired) electrons. The first-order valence-corrected chi connectivity index (χ1v) is 8.04. The Hall–Kier alpha value is -1.47. The van der Waals surface area contributed by atoms with Crippen LogP contribution in [0.15, 0.2) is 60.7 Å². The van der Waals surface area contributed by atoms with Crippen molar-refractivity contribution in [3.8, 4) is 0 Å². The summed E-state index contributed by atoms with van der Waals surface area (Å²) in [4.78, 5) is 0. The minimum atomic E-state index is -4.19. The van der Waals surface area contributed by atoms with E-state index in [1.165, 1.54) is 11.1 Å². The summed E-state index contributed by atoms with van der Waals surface area (Å²) in [6.07, 6.45) is 0. The molecule has 0 aliphatic rings. The van der Waals surface area contributed by atoms with Gasteiger partial charge in [-0.05, 0) is 0 Å². The number of quaternary nitrogens is 1. The Morgan fingerprint density at radius 1 is 0.773 bits per heavy atom. The van der Waals surface area contributed by atoms with Gasteiger partial charge in [0.1, 0.15) is 13.1 Å². The molecular weight excluding hydrogens is 306 g/mol. The first kappa shape index (κ1) is 18.6. The Balaban J connectivity index is 0.000000422. The van der Waals surface area contributed by atoms with E-state index in [1.54, 1.807) is 0 Å². The van der Waals surface area contributed by atoms with Crippen LogP contribution >= 0.6 is 0 Å². The predicted octanol–water partition coefficient (Wildman–Crippen LogP) is 0.603. The first-order valence-electron chi connectivity index (χ1n) is 6.72. The number of benzene rings is 2. The van der Waals surface area contributed by atoms with Gasteiger partial charge < -0.3 is 4.48 Å². The van der Waals surface area contributed by atoms with Crippen LogP contribution in [-0.2, 0) is 13.1 Å². The van der Waals surface area contributed by atoms with E-state index in [1.807, 2.05) is 0 Å². The average molecular weight is 329 g/mol. The van der Waals surface area contributed by atoms with E-state index in [0.29, 0.717) is 0 Å². The third-order valence-electron chi connectivity index (χ3n) is 2.91. The third kappa shape index (κ3) is 9.46. The fourth-order valence-corrected chi connectivity index (χ4v) is 2.21. The fraction of sp³-hybridized carbons (Fsp3) is 0.250. The molecule has 3 N–H and O–H groups in total. The van der Waals surface area contributed by atoms with Crippen molar-refractivity contribution in [1.82, 2.24) is 0 Å². The van der Waals surface area contributed by atoms with Gasteiger partial charge in [0.25, 0.3) is 0 Å². The molecule has 22 heavy (non-hydrogen) atoms. The molecule has 0 saturated heterocycles. The molecule has 0 aliphatic carbocycles. The average Bonchev–Trinajstić information content (AvgIpc) is 2.38. The van der Waals surface area contributed by atoms with Crippen LogP contribution in [0.2, 0.25) is 0 Å². The molecule has 0 amide bonds. The molecule has 5 nitrogen and oxygen atoms in total. The second-order valence-corrected chi connectivity index (χ2v) is 6.52. The summed E-state index contributed by atoms with van der Waals surface area (Å²) in [7, 11) is 0.361. The molecule has 0 atom stereocenters. The van der Waals surface area contributed by atoms with Crippen LogP contribution in [0.1, 0.15) is 11.1 Å². The van der Waals surface area contributed by atoms with Gasteiger partial charge in [-0.25, -0.2) is 0 Å². The van der Waals surface area contributed by atoms with Crippen molar-refractivity contribution in [2.75, 3.05) is 14.1 Å². The van der Waals surface area contributed by atoms with Crippen molar-refractivity contribution < 1.29 is 33.4 Å².